The first kappa shape index (κ1) is 33.7. The molecule has 1 atom stereocenters. The van der Waals surface area contributed by atoms with Crippen molar-refractivity contribution in [2.24, 2.45) is 15.9 Å². The van der Waals surface area contributed by atoms with Crippen molar-refractivity contribution in [2.45, 2.75) is 77.0 Å². The highest BCUT2D eigenvalue weighted by Crippen LogP contribution is 2.44. The van der Waals surface area contributed by atoms with Crippen molar-refractivity contribution < 1.29 is 27.5 Å². The van der Waals surface area contributed by atoms with E-state index in [-0.39, 0.29) is 43.0 Å². The van der Waals surface area contributed by atoms with Crippen molar-refractivity contribution >= 4 is 28.0 Å². The third-order valence-electron chi connectivity index (χ3n) is 7.37. The number of carbonyl (C=O) groups excluding carboxylic acids is 2. The lowest BCUT2D eigenvalue weighted by Crippen LogP contribution is -2.44. The Kier molecular flexibility index (Phi) is 11.0. The predicted molar refractivity (Wildman–Crippen MR) is 165 cm³/mol. The first-order valence-electron chi connectivity index (χ1n) is 14.2. The molecule has 6 N–H and O–H groups in total. The van der Waals surface area contributed by atoms with Crippen LogP contribution in [0.25, 0.3) is 0 Å². The summed E-state index contributed by atoms with van der Waals surface area (Å²) in [5.74, 6) is 0.136. The van der Waals surface area contributed by atoms with E-state index in [9.17, 15) is 18.0 Å². The van der Waals surface area contributed by atoms with Crippen molar-refractivity contribution in [2.75, 3.05) is 26.7 Å². The molecule has 1 aliphatic heterocycles. The highest BCUT2D eigenvalue weighted by Gasteiger charge is 2.36. The van der Waals surface area contributed by atoms with Crippen molar-refractivity contribution in [3.05, 3.63) is 58.1 Å². The Morgan fingerprint density at radius 1 is 1.09 bits per heavy atom. The molecule has 0 saturated carbocycles. The minimum atomic E-state index is -4.09. The van der Waals surface area contributed by atoms with Crippen LogP contribution in [-0.2, 0) is 32.6 Å². The van der Waals surface area contributed by atoms with Gasteiger partial charge < -0.3 is 36.5 Å². The molecule has 1 heterocycles. The van der Waals surface area contributed by atoms with Gasteiger partial charge in [-0.15, -0.1) is 4.40 Å². The molecule has 0 saturated heterocycles. The molecule has 2 amide bonds. The molecule has 0 fully saturated rings. The quantitative estimate of drug-likeness (QED) is 0.158. The number of hydrogen-bond acceptors (Lipinski definition) is 7. The molecule has 2 aromatic rings. The summed E-state index contributed by atoms with van der Waals surface area (Å²) in [5, 5.41) is 5.50. The van der Waals surface area contributed by atoms with Gasteiger partial charge in [0.1, 0.15) is 18.0 Å². The predicted octanol–water partition coefficient (Wildman–Crippen LogP) is 2.41. The molecule has 0 radical (unpaired) electrons. The van der Waals surface area contributed by atoms with Crippen LogP contribution in [0.15, 0.2) is 39.6 Å². The third-order valence-corrected chi connectivity index (χ3v) is 8.93. The Morgan fingerprint density at radius 2 is 1.77 bits per heavy atom. The molecule has 0 spiro atoms. The topological polar surface area (TPSA) is 178 Å². The minimum Gasteiger partial charge on any atom is -0.487 e. The Morgan fingerprint density at radius 3 is 2.44 bits per heavy atom. The zero-order chi connectivity index (χ0) is 31.9. The maximum Gasteiger partial charge on any atom is 0.409 e. The van der Waals surface area contributed by atoms with E-state index in [1.165, 1.54) is 4.90 Å². The number of sulfonamides is 1. The maximum atomic E-state index is 13.3. The summed E-state index contributed by atoms with van der Waals surface area (Å²) >= 11 is 0. The van der Waals surface area contributed by atoms with Crippen LogP contribution in [0.3, 0.4) is 0 Å². The number of likely N-dealkylation sites (N-methyl/N-ethyl adjacent to an activating group) is 1. The number of carbonyl (C=O) groups is 2. The van der Waals surface area contributed by atoms with Crippen molar-refractivity contribution in [1.29, 1.82) is 0 Å². The Balaban J connectivity index is 1.43. The molecule has 13 heteroatoms. The second-order valence-electron chi connectivity index (χ2n) is 11.4. The summed E-state index contributed by atoms with van der Waals surface area (Å²) in [4.78, 5) is 26.0. The fraction of sp³-hybridized carbons (Fsp3) is 0.500. The number of hydrogen-bond donors (Lipinski definition) is 4. The van der Waals surface area contributed by atoms with Crippen LogP contribution in [0, 0.1) is 20.8 Å². The Hall–Kier alpha value is -3.84. The lowest BCUT2D eigenvalue weighted by atomic mass is 9.94. The fourth-order valence-corrected chi connectivity index (χ4v) is 6.37. The normalized spacial score (nSPS) is 14.8. The number of amides is 2. The van der Waals surface area contributed by atoms with E-state index in [1.54, 1.807) is 20.9 Å². The number of rotatable bonds is 12. The van der Waals surface area contributed by atoms with E-state index in [0.29, 0.717) is 30.4 Å². The highest BCUT2D eigenvalue weighted by atomic mass is 32.2. The van der Waals surface area contributed by atoms with Crippen molar-refractivity contribution in [3.8, 4) is 5.75 Å². The highest BCUT2D eigenvalue weighted by molar-refractivity contribution is 7.90. The third kappa shape index (κ3) is 8.83. The van der Waals surface area contributed by atoms with Gasteiger partial charge in [0.25, 0.3) is 10.0 Å². The van der Waals surface area contributed by atoms with E-state index >= 15 is 0 Å². The molecular formula is C30H44N6O6S. The summed E-state index contributed by atoms with van der Waals surface area (Å²) in [6.07, 6.45) is 0.871. The summed E-state index contributed by atoms with van der Waals surface area (Å²) in [6, 6.07) is 8.55. The molecular weight excluding hydrogens is 572 g/mol. The Labute approximate surface area is 254 Å². The van der Waals surface area contributed by atoms with Crippen LogP contribution >= 0.6 is 0 Å². The van der Waals surface area contributed by atoms with E-state index in [0.717, 1.165) is 22.4 Å². The smallest absolute Gasteiger partial charge is 0.409 e. The van der Waals surface area contributed by atoms with Crippen LogP contribution in [-0.4, -0.2) is 69.6 Å². The van der Waals surface area contributed by atoms with Crippen molar-refractivity contribution in [1.82, 2.24) is 15.5 Å². The van der Waals surface area contributed by atoms with E-state index in [2.05, 4.69) is 15.0 Å². The Bertz CT molecular complexity index is 1460. The molecule has 0 aliphatic carbocycles. The van der Waals surface area contributed by atoms with Crippen LogP contribution in [0.2, 0.25) is 0 Å². The van der Waals surface area contributed by atoms with Crippen LogP contribution in [0.4, 0.5) is 4.79 Å². The van der Waals surface area contributed by atoms with Gasteiger partial charge in [0, 0.05) is 38.7 Å². The van der Waals surface area contributed by atoms with E-state index < -0.39 is 27.8 Å². The van der Waals surface area contributed by atoms with E-state index in [1.807, 2.05) is 51.1 Å². The molecule has 0 aromatic heterocycles. The average molecular weight is 617 g/mol. The molecule has 0 bridgehead atoms. The number of ether oxygens (including phenoxy) is 2. The maximum absolute atomic E-state index is 13.3. The van der Waals surface area contributed by atoms with Gasteiger partial charge in [0.2, 0.25) is 11.9 Å². The van der Waals surface area contributed by atoms with Gasteiger partial charge in [-0.25, -0.2) is 4.79 Å². The van der Waals surface area contributed by atoms with Gasteiger partial charge in [-0.1, -0.05) is 30.3 Å². The summed E-state index contributed by atoms with van der Waals surface area (Å²) < 4.78 is 41.7. The van der Waals surface area contributed by atoms with Gasteiger partial charge in [0.05, 0.1) is 10.9 Å². The van der Waals surface area contributed by atoms with Gasteiger partial charge in [-0.2, -0.15) is 8.42 Å². The largest absolute Gasteiger partial charge is 0.487 e. The average Bonchev–Trinajstić information content (AvgIpc) is 3.28. The number of fused-ring (bicyclic) bond motifs is 1. The SMILES string of the molecule is Cc1c(C)c(S(=O)(=O)/N=C(/N)NCCC[C@@H](N)C(=O)NCCN(C)C(=O)OCc2ccccc2)c(C)c2c1OC(C)(C)C2. The zero-order valence-electron chi connectivity index (χ0n) is 25.8. The minimum absolute atomic E-state index is 0.142. The number of nitrogens with two attached hydrogens (primary N) is 2. The van der Waals surface area contributed by atoms with Gasteiger partial charge in [-0.3, -0.25) is 4.79 Å². The van der Waals surface area contributed by atoms with Gasteiger partial charge in [-0.05, 0) is 69.7 Å². The second-order valence-corrected chi connectivity index (χ2v) is 13.0. The standard InChI is InChI=1S/C30H44N6O6S/c1-19-20(2)26(21(3)23-17-30(4,5)42-25(19)23)43(39,40)35-28(32)34-14-10-13-24(31)27(37)33-15-16-36(6)29(38)41-18-22-11-8-7-9-12-22/h7-9,11-12,24H,10,13-18,31H2,1-6H3,(H,33,37)(H3,32,34,35)/t24-/m1/s1. The summed E-state index contributed by atoms with van der Waals surface area (Å²) in [7, 11) is -2.51. The molecule has 1 aliphatic rings. The van der Waals surface area contributed by atoms with Gasteiger partial charge in [0.15, 0.2) is 0 Å². The van der Waals surface area contributed by atoms with E-state index in [4.69, 9.17) is 20.9 Å². The zero-order valence-corrected chi connectivity index (χ0v) is 26.6. The lowest BCUT2D eigenvalue weighted by Gasteiger charge is -2.18. The van der Waals surface area contributed by atoms with Crippen LogP contribution in [0.5, 0.6) is 5.75 Å². The lowest BCUT2D eigenvalue weighted by molar-refractivity contribution is -0.122. The first-order valence-corrected chi connectivity index (χ1v) is 15.7. The summed E-state index contributed by atoms with van der Waals surface area (Å²) in [6.45, 7) is 10.2. The first-order chi connectivity index (χ1) is 20.1. The van der Waals surface area contributed by atoms with Crippen LogP contribution < -0.4 is 26.8 Å². The second kappa shape index (κ2) is 14.1. The fourth-order valence-electron chi connectivity index (χ4n) is 4.91. The number of nitrogens with one attached hydrogen (secondary N) is 2. The number of benzene rings is 2. The monoisotopic (exact) mass is 616 g/mol. The molecule has 2 aromatic carbocycles. The van der Waals surface area contributed by atoms with Crippen LogP contribution in [0.1, 0.15) is 54.5 Å². The summed E-state index contributed by atoms with van der Waals surface area (Å²) in [5.41, 5.74) is 15.2. The van der Waals surface area contributed by atoms with Gasteiger partial charge >= 0.3 is 6.09 Å². The molecule has 43 heavy (non-hydrogen) atoms. The molecule has 3 rings (SSSR count). The number of nitrogens with zero attached hydrogens (tertiary/aromatic N) is 2. The molecule has 0 unspecified atom stereocenters. The van der Waals surface area contributed by atoms with Crippen molar-refractivity contribution in [3.63, 3.8) is 0 Å². The molecule has 236 valence electrons. The number of guanidine groups is 1. The molecule has 12 nitrogen and oxygen atoms in total.